The Bertz CT molecular complexity index is 684. The Hall–Kier alpha value is -1.24. The van der Waals surface area contributed by atoms with Gasteiger partial charge in [-0.15, -0.1) is 11.3 Å². The minimum Gasteiger partial charge on any atom is -0.521 e. The van der Waals surface area contributed by atoms with Crippen molar-refractivity contribution in [2.24, 2.45) is 0 Å². The molecule has 1 radical (unpaired) electrons. The topological polar surface area (TPSA) is 62.3 Å². The number of hydrogen-bond donors (Lipinski definition) is 1. The fourth-order valence-electron chi connectivity index (χ4n) is 2.28. The van der Waals surface area contributed by atoms with Crippen LogP contribution in [0.2, 0.25) is 0 Å². The summed E-state index contributed by atoms with van der Waals surface area (Å²) in [5.41, 5.74) is 0.827. The van der Waals surface area contributed by atoms with Crippen LogP contribution in [0.25, 0.3) is 10.2 Å². The van der Waals surface area contributed by atoms with Crippen molar-refractivity contribution in [2.45, 2.75) is 20.3 Å². The molecule has 1 aromatic heterocycles. The number of hydrogen-bond acceptors (Lipinski definition) is 4. The maximum absolute atomic E-state index is 12.4. The summed E-state index contributed by atoms with van der Waals surface area (Å²) in [5.74, 6) is 0.326. The normalized spacial score (nSPS) is 12.9. The molecule has 24 heavy (non-hydrogen) atoms. The van der Waals surface area contributed by atoms with Crippen LogP contribution in [0.3, 0.4) is 0 Å². The molecule has 0 atom stereocenters. The second kappa shape index (κ2) is 9.91. The molecule has 3 rings (SSSR count). The van der Waals surface area contributed by atoms with Crippen LogP contribution in [0.1, 0.15) is 30.1 Å². The van der Waals surface area contributed by atoms with Gasteiger partial charge in [-0.05, 0) is 18.7 Å². The number of likely N-dealkylation sites (tertiary alicyclic amines) is 1. The third-order valence-corrected chi connectivity index (χ3v) is 4.38. The molecule has 0 aliphatic carbocycles. The van der Waals surface area contributed by atoms with Crippen LogP contribution in [-0.4, -0.2) is 34.8 Å². The van der Waals surface area contributed by atoms with Crippen LogP contribution in [0.15, 0.2) is 30.8 Å². The molecule has 1 fully saturated rings. The van der Waals surface area contributed by atoms with Gasteiger partial charge in [-0.1, -0.05) is 38.4 Å². The average molecular weight is 418 g/mol. The Morgan fingerprint density at radius 2 is 2.08 bits per heavy atom. The predicted molar refractivity (Wildman–Crippen MR) is 91.7 cm³/mol. The molecule has 2 heterocycles. The molecule has 125 valence electrons. The summed E-state index contributed by atoms with van der Waals surface area (Å²) >= 11 is 1.38. The molecule has 5 nitrogen and oxygen atoms in total. The SMILES string of the molecule is C=[C-]NC(=O)[C-]1CCN(C(=O)c2nc3ccccc3s2)C1.CC.[Y]. The number of aromatic nitrogens is 1. The zero-order valence-electron chi connectivity index (χ0n) is 13.8. The van der Waals surface area contributed by atoms with Crippen LogP contribution in [0.4, 0.5) is 0 Å². The number of carbonyl (C=O) groups is 2. The smallest absolute Gasteiger partial charge is 0.280 e. The number of rotatable bonds is 3. The fraction of sp³-hybridized carbons (Fsp3) is 0.294. The van der Waals surface area contributed by atoms with Gasteiger partial charge in [0.2, 0.25) is 0 Å². The number of thiazole rings is 1. The molecule has 2 amide bonds. The summed E-state index contributed by atoms with van der Waals surface area (Å²) in [6.07, 6.45) is 2.93. The maximum Gasteiger partial charge on any atom is 0.280 e. The summed E-state index contributed by atoms with van der Waals surface area (Å²) in [7, 11) is 0. The first-order valence-corrected chi connectivity index (χ1v) is 8.32. The van der Waals surface area contributed by atoms with Crippen molar-refractivity contribution in [1.82, 2.24) is 15.2 Å². The van der Waals surface area contributed by atoms with E-state index in [0.717, 1.165) is 10.2 Å². The largest absolute Gasteiger partial charge is 0.521 e. The van der Waals surface area contributed by atoms with Gasteiger partial charge in [0.15, 0.2) is 5.01 Å². The standard InChI is InChI=1S/C15H13N3O2S.C2H6.Y/c1-2-16-13(19)10-7-8-18(9-10)15(20)14-17-11-5-3-4-6-12(11)21-14;1-2;/h3-6H,1,7-9H2,(H,16,19);1-2H3;/q-2;;. The minimum atomic E-state index is -0.218. The molecule has 1 aromatic carbocycles. The van der Waals surface area contributed by atoms with E-state index < -0.39 is 0 Å². The average Bonchev–Trinajstić information content (AvgIpc) is 3.23. The molecule has 7 heteroatoms. The first-order valence-electron chi connectivity index (χ1n) is 7.51. The Kier molecular flexibility index (Phi) is 8.60. The Morgan fingerprint density at radius 3 is 2.75 bits per heavy atom. The Balaban J connectivity index is 0.000000925. The van der Waals surface area contributed by atoms with E-state index in [1.807, 2.05) is 38.1 Å². The first-order chi connectivity index (χ1) is 11.2. The molecule has 0 bridgehead atoms. The summed E-state index contributed by atoms with van der Waals surface area (Å²) < 4.78 is 0.989. The van der Waals surface area contributed by atoms with Gasteiger partial charge in [-0.3, -0.25) is 4.79 Å². The second-order valence-corrected chi connectivity index (χ2v) is 5.73. The van der Waals surface area contributed by atoms with Crippen molar-refractivity contribution in [2.75, 3.05) is 13.1 Å². The number of fused-ring (bicyclic) bond motifs is 1. The predicted octanol–water partition coefficient (Wildman–Crippen LogP) is 2.80. The summed E-state index contributed by atoms with van der Waals surface area (Å²) in [6, 6.07) is 7.65. The van der Waals surface area contributed by atoms with Gasteiger partial charge in [0.25, 0.3) is 5.91 Å². The van der Waals surface area contributed by atoms with Crippen LogP contribution in [0, 0.1) is 12.1 Å². The number of amides is 2. The fourth-order valence-corrected chi connectivity index (χ4v) is 3.22. The van der Waals surface area contributed by atoms with E-state index in [0.29, 0.717) is 30.4 Å². The number of nitrogens with zero attached hydrogens (tertiary/aromatic N) is 2. The van der Waals surface area contributed by atoms with E-state index in [1.165, 1.54) is 11.3 Å². The van der Waals surface area contributed by atoms with Gasteiger partial charge in [-0.25, -0.2) is 4.98 Å². The molecule has 1 N–H and O–H groups in total. The molecule has 0 unspecified atom stereocenters. The minimum absolute atomic E-state index is 0. The van der Waals surface area contributed by atoms with E-state index in [2.05, 4.69) is 23.1 Å². The van der Waals surface area contributed by atoms with Crippen LogP contribution in [0.5, 0.6) is 0 Å². The van der Waals surface area contributed by atoms with Crippen molar-refractivity contribution in [3.63, 3.8) is 0 Å². The number of para-hydroxylation sites is 1. The van der Waals surface area contributed by atoms with Gasteiger partial charge in [-0.2, -0.15) is 19.2 Å². The number of benzene rings is 1. The zero-order valence-corrected chi connectivity index (χ0v) is 17.5. The quantitative estimate of drug-likeness (QED) is 0.616. The molecule has 1 aliphatic rings. The van der Waals surface area contributed by atoms with Crippen molar-refractivity contribution in [3.05, 3.63) is 48.0 Å². The van der Waals surface area contributed by atoms with E-state index in [4.69, 9.17) is 0 Å². The number of carbonyl (C=O) groups excluding carboxylic acids is 2. The molecular weight excluding hydrogens is 399 g/mol. The van der Waals surface area contributed by atoms with Gasteiger partial charge in [0, 0.05) is 32.7 Å². The van der Waals surface area contributed by atoms with Gasteiger partial charge in [0.05, 0.1) is 10.2 Å². The van der Waals surface area contributed by atoms with Crippen molar-refractivity contribution >= 4 is 33.4 Å². The van der Waals surface area contributed by atoms with E-state index in [-0.39, 0.29) is 44.5 Å². The molecule has 1 saturated heterocycles. The summed E-state index contributed by atoms with van der Waals surface area (Å²) in [4.78, 5) is 30.1. The van der Waals surface area contributed by atoms with E-state index in [9.17, 15) is 9.59 Å². The Morgan fingerprint density at radius 1 is 1.38 bits per heavy atom. The third-order valence-electron chi connectivity index (χ3n) is 3.35. The maximum atomic E-state index is 12.4. The van der Waals surface area contributed by atoms with Gasteiger partial charge >= 0.3 is 0 Å². The summed E-state index contributed by atoms with van der Waals surface area (Å²) in [6.45, 7) is 8.21. The van der Waals surface area contributed by atoms with Gasteiger partial charge in [0.1, 0.15) is 0 Å². The summed E-state index contributed by atoms with van der Waals surface area (Å²) in [5, 5.41) is 2.89. The van der Waals surface area contributed by atoms with Gasteiger partial charge < -0.3 is 20.9 Å². The van der Waals surface area contributed by atoms with Crippen molar-refractivity contribution in [1.29, 1.82) is 0 Å². The molecule has 1 aliphatic heterocycles. The van der Waals surface area contributed by atoms with Crippen LogP contribution < -0.4 is 5.32 Å². The first kappa shape index (κ1) is 20.8. The Labute approximate surface area is 171 Å². The molecular formula is C17H19N3O2SY-2. The second-order valence-electron chi connectivity index (χ2n) is 4.70. The zero-order chi connectivity index (χ0) is 16.8. The van der Waals surface area contributed by atoms with Crippen LogP contribution in [-0.2, 0) is 37.5 Å². The van der Waals surface area contributed by atoms with Crippen LogP contribution >= 0.6 is 11.3 Å². The van der Waals surface area contributed by atoms with E-state index in [1.54, 1.807) is 4.90 Å². The molecule has 2 aromatic rings. The van der Waals surface area contributed by atoms with Crippen molar-refractivity contribution < 1.29 is 42.3 Å². The third kappa shape index (κ3) is 4.65. The van der Waals surface area contributed by atoms with E-state index >= 15 is 0 Å². The molecule has 0 saturated carbocycles. The van der Waals surface area contributed by atoms with Crippen molar-refractivity contribution in [3.8, 4) is 0 Å². The molecule has 0 spiro atoms. The monoisotopic (exact) mass is 418 g/mol. The number of nitrogens with one attached hydrogen (secondary N) is 1.